The Morgan fingerprint density at radius 3 is 2.16 bits per heavy atom. The molecular weight excluding hydrogens is 440 g/mol. The van der Waals surface area contributed by atoms with Gasteiger partial charge in [-0.1, -0.05) is 0 Å². The second-order valence-corrected chi connectivity index (χ2v) is 6.92. The molecule has 0 radical (unpaired) electrons. The van der Waals surface area contributed by atoms with E-state index in [1.165, 1.54) is 0 Å². The molecule has 1 saturated heterocycles. The van der Waals surface area contributed by atoms with Crippen molar-refractivity contribution in [3.05, 3.63) is 0 Å². The van der Waals surface area contributed by atoms with Crippen molar-refractivity contribution in [1.29, 1.82) is 0 Å². The van der Waals surface area contributed by atoms with Gasteiger partial charge >= 0.3 is 29.3 Å². The van der Waals surface area contributed by atoms with Gasteiger partial charge in [0, 0.05) is 39.2 Å². The molecule has 176 valence electrons. The third-order valence-electron chi connectivity index (χ3n) is 3.59. The highest BCUT2D eigenvalue weighted by Gasteiger charge is 2.25. The van der Waals surface area contributed by atoms with Gasteiger partial charge < -0.3 is 33.7 Å². The summed E-state index contributed by atoms with van der Waals surface area (Å²) in [6.45, 7) is 4.24. The third-order valence-corrected chi connectivity index (χ3v) is 4.44. The van der Waals surface area contributed by atoms with Crippen molar-refractivity contribution in [1.82, 2.24) is 10.2 Å². The number of carbonyl (C=O) groups is 5. The lowest BCUT2D eigenvalue weighted by molar-refractivity contribution is -0.150. The largest absolute Gasteiger partial charge is 0.463 e. The summed E-state index contributed by atoms with van der Waals surface area (Å²) in [5, 5.41) is 1.40. The first-order valence-corrected chi connectivity index (χ1v) is 10.2. The molecule has 0 saturated carbocycles. The van der Waals surface area contributed by atoms with Crippen molar-refractivity contribution < 1.29 is 52.4 Å². The van der Waals surface area contributed by atoms with Crippen LogP contribution in [-0.4, -0.2) is 99.0 Å². The predicted octanol–water partition coefficient (Wildman–Crippen LogP) is -0.132. The third kappa shape index (κ3) is 13.4. The van der Waals surface area contributed by atoms with Crippen LogP contribution in [0, 0.1) is 0 Å². The second-order valence-electron chi connectivity index (χ2n) is 5.96. The van der Waals surface area contributed by atoms with Gasteiger partial charge in [0.2, 0.25) is 13.6 Å². The Hall–Kier alpha value is -2.58. The lowest BCUT2D eigenvalue weighted by Gasteiger charge is -2.26. The fourth-order valence-corrected chi connectivity index (χ4v) is 2.73. The summed E-state index contributed by atoms with van der Waals surface area (Å²) in [5.41, 5.74) is 0. The average molecular weight is 466 g/mol. The number of nitrogens with one attached hydrogen (secondary N) is 1. The molecule has 0 aromatic rings. The number of nitrogens with zero attached hydrogens (tertiary/aromatic N) is 1. The van der Waals surface area contributed by atoms with Gasteiger partial charge in [-0.2, -0.15) is 0 Å². The highest BCUT2D eigenvalue weighted by Crippen LogP contribution is 2.09. The van der Waals surface area contributed by atoms with Crippen LogP contribution in [0.5, 0.6) is 0 Å². The smallest absolute Gasteiger partial charge is 0.410 e. The molecule has 0 bridgehead atoms. The SMILES string of the molecule is CC(=O)OCOC(=O)N[C@@H](CSC(=O)OCOC(C)=O)C(=O)OCCN1CCOCC1. The van der Waals surface area contributed by atoms with Gasteiger partial charge in [-0.05, 0) is 11.8 Å². The van der Waals surface area contributed by atoms with E-state index < -0.39 is 48.9 Å². The van der Waals surface area contributed by atoms with Crippen molar-refractivity contribution >= 4 is 41.1 Å². The number of hydrogen-bond acceptors (Lipinski definition) is 13. The van der Waals surface area contributed by atoms with Crippen molar-refractivity contribution in [2.75, 3.05) is 58.8 Å². The Morgan fingerprint density at radius 1 is 0.935 bits per heavy atom. The minimum Gasteiger partial charge on any atom is -0.463 e. The zero-order chi connectivity index (χ0) is 23.1. The quantitative estimate of drug-likeness (QED) is 0.244. The number of ether oxygens (including phenoxy) is 6. The van der Waals surface area contributed by atoms with Crippen molar-refractivity contribution in [2.24, 2.45) is 0 Å². The van der Waals surface area contributed by atoms with Crippen LogP contribution in [0.4, 0.5) is 9.59 Å². The van der Waals surface area contributed by atoms with Crippen LogP contribution in [0.1, 0.15) is 13.8 Å². The maximum Gasteiger partial charge on any atom is 0.410 e. The first-order valence-electron chi connectivity index (χ1n) is 9.24. The van der Waals surface area contributed by atoms with E-state index in [4.69, 9.17) is 9.47 Å². The maximum atomic E-state index is 12.4. The van der Waals surface area contributed by atoms with Gasteiger partial charge in [-0.25, -0.2) is 14.4 Å². The molecule has 1 aliphatic rings. The van der Waals surface area contributed by atoms with E-state index in [1.807, 2.05) is 4.90 Å². The van der Waals surface area contributed by atoms with Gasteiger partial charge in [0.15, 0.2) is 0 Å². The lowest BCUT2D eigenvalue weighted by Crippen LogP contribution is -2.45. The van der Waals surface area contributed by atoms with Crippen LogP contribution < -0.4 is 5.32 Å². The molecule has 0 aromatic heterocycles. The normalized spacial score (nSPS) is 14.6. The first-order chi connectivity index (χ1) is 14.8. The molecule has 0 spiro atoms. The summed E-state index contributed by atoms with van der Waals surface area (Å²) in [7, 11) is 0. The molecular formula is C17H26N2O11S. The molecule has 0 aliphatic carbocycles. The Kier molecular flexibility index (Phi) is 13.0. The maximum absolute atomic E-state index is 12.4. The molecule has 14 heteroatoms. The van der Waals surface area contributed by atoms with E-state index in [1.54, 1.807) is 0 Å². The Bertz CT molecular complexity index is 625. The van der Waals surface area contributed by atoms with Crippen LogP contribution in [0.15, 0.2) is 0 Å². The first kappa shape index (κ1) is 26.5. The van der Waals surface area contributed by atoms with Crippen LogP contribution in [-0.2, 0) is 42.8 Å². The van der Waals surface area contributed by atoms with Crippen LogP contribution in [0.3, 0.4) is 0 Å². The second kappa shape index (κ2) is 15.3. The highest BCUT2D eigenvalue weighted by atomic mass is 32.2. The Labute approximate surface area is 182 Å². The Balaban J connectivity index is 2.49. The topological polar surface area (TPSA) is 156 Å². The number of morpholine rings is 1. The molecule has 13 nitrogen and oxygen atoms in total. The molecule has 1 fully saturated rings. The van der Waals surface area contributed by atoms with Gasteiger partial charge in [0.25, 0.3) is 0 Å². The lowest BCUT2D eigenvalue weighted by atomic mass is 10.3. The molecule has 0 unspecified atom stereocenters. The standard InChI is InChI=1S/C17H26N2O11S/c1-12(20)27-10-29-16(23)18-14(9-31-17(24)30-11-28-13(2)21)15(22)26-8-5-19-3-6-25-7-4-19/h14H,3-11H2,1-2H3,(H,18,23)/t14-/m0/s1. The summed E-state index contributed by atoms with van der Waals surface area (Å²) in [6, 6.07) is -1.25. The van der Waals surface area contributed by atoms with E-state index in [9.17, 15) is 24.0 Å². The van der Waals surface area contributed by atoms with E-state index in [0.29, 0.717) is 44.6 Å². The summed E-state index contributed by atoms with van der Waals surface area (Å²) in [5.74, 6) is -2.31. The molecule has 1 rings (SSSR count). The van der Waals surface area contributed by atoms with Crippen molar-refractivity contribution in [3.63, 3.8) is 0 Å². The number of hydrogen-bond donors (Lipinski definition) is 1. The number of thioether (sulfide) groups is 1. The predicted molar refractivity (Wildman–Crippen MR) is 104 cm³/mol. The summed E-state index contributed by atoms with van der Waals surface area (Å²) in [4.78, 5) is 59.3. The molecule has 0 aromatic carbocycles. The molecule has 1 heterocycles. The van der Waals surface area contributed by atoms with Gasteiger partial charge in [-0.3, -0.25) is 14.5 Å². The zero-order valence-corrected chi connectivity index (χ0v) is 18.1. The highest BCUT2D eigenvalue weighted by molar-refractivity contribution is 8.13. The molecule has 1 atom stereocenters. The molecule has 1 amide bonds. The van der Waals surface area contributed by atoms with E-state index in [-0.39, 0.29) is 12.4 Å². The van der Waals surface area contributed by atoms with Crippen LogP contribution in [0.25, 0.3) is 0 Å². The van der Waals surface area contributed by atoms with Crippen molar-refractivity contribution in [3.8, 4) is 0 Å². The van der Waals surface area contributed by atoms with Gasteiger partial charge in [0.1, 0.15) is 12.6 Å². The zero-order valence-electron chi connectivity index (χ0n) is 17.3. The van der Waals surface area contributed by atoms with Gasteiger partial charge in [0.05, 0.1) is 13.2 Å². The monoisotopic (exact) mass is 466 g/mol. The number of amides is 1. The minimum absolute atomic E-state index is 0.0705. The molecule has 31 heavy (non-hydrogen) atoms. The Morgan fingerprint density at radius 2 is 1.55 bits per heavy atom. The molecule has 1 N–H and O–H groups in total. The average Bonchev–Trinajstić information content (AvgIpc) is 2.71. The van der Waals surface area contributed by atoms with E-state index in [0.717, 1.165) is 13.8 Å². The number of rotatable bonds is 11. The number of carbonyl (C=O) groups excluding carboxylic acids is 5. The summed E-state index contributed by atoms with van der Waals surface area (Å²) >= 11 is 0.561. The number of esters is 3. The van der Waals surface area contributed by atoms with E-state index in [2.05, 4.69) is 24.3 Å². The van der Waals surface area contributed by atoms with Crippen LogP contribution in [0.2, 0.25) is 0 Å². The van der Waals surface area contributed by atoms with Gasteiger partial charge in [-0.15, -0.1) is 0 Å². The fraction of sp³-hybridized carbons (Fsp3) is 0.706. The van der Waals surface area contributed by atoms with E-state index >= 15 is 0 Å². The summed E-state index contributed by atoms with van der Waals surface area (Å²) < 4.78 is 28.6. The van der Waals surface area contributed by atoms with Crippen molar-refractivity contribution in [2.45, 2.75) is 19.9 Å². The number of alkyl carbamates (subject to hydrolysis) is 1. The molecule has 1 aliphatic heterocycles. The summed E-state index contributed by atoms with van der Waals surface area (Å²) in [6.07, 6.45) is -1.05. The fourth-order valence-electron chi connectivity index (χ4n) is 2.07. The van der Waals surface area contributed by atoms with Crippen LogP contribution >= 0.6 is 11.8 Å². The minimum atomic E-state index is -1.25.